The summed E-state index contributed by atoms with van der Waals surface area (Å²) in [6, 6.07) is 13.9. The average molecular weight is 374 g/mol. The average Bonchev–Trinajstić information content (AvgIpc) is 2.62. The highest BCUT2D eigenvalue weighted by atomic mass is 32.2. The number of piperidine rings is 1. The topological polar surface area (TPSA) is 80.5 Å². The summed E-state index contributed by atoms with van der Waals surface area (Å²) in [4.78, 5) is 10.7. The third kappa shape index (κ3) is 3.64. The van der Waals surface area contributed by atoms with Crippen LogP contribution in [0.3, 0.4) is 0 Å². The van der Waals surface area contributed by atoms with E-state index in [1.165, 1.54) is 29.4 Å². The minimum Gasteiger partial charge on any atom is -0.258 e. The van der Waals surface area contributed by atoms with Gasteiger partial charge in [-0.15, -0.1) is 0 Å². The summed E-state index contributed by atoms with van der Waals surface area (Å²) in [6.45, 7) is 1.95. The van der Waals surface area contributed by atoms with Crippen LogP contribution in [0.2, 0.25) is 0 Å². The number of nitro benzene ring substituents is 1. The molecule has 138 valence electrons. The van der Waals surface area contributed by atoms with E-state index in [9.17, 15) is 18.5 Å². The number of sulfonamides is 1. The first kappa shape index (κ1) is 18.5. The molecular formula is C19H22N2O4S. The molecule has 1 aliphatic heterocycles. The Hall–Kier alpha value is -2.25. The fourth-order valence-electron chi connectivity index (χ4n) is 3.59. The summed E-state index contributed by atoms with van der Waals surface area (Å²) < 4.78 is 28.1. The van der Waals surface area contributed by atoms with Gasteiger partial charge in [-0.3, -0.25) is 10.1 Å². The Bertz CT molecular complexity index is 897. The Morgan fingerprint density at radius 2 is 1.85 bits per heavy atom. The molecule has 0 bridgehead atoms. The molecule has 6 nitrogen and oxygen atoms in total. The number of benzene rings is 2. The summed E-state index contributed by atoms with van der Waals surface area (Å²) >= 11 is 0. The van der Waals surface area contributed by atoms with E-state index in [0.29, 0.717) is 13.0 Å². The van der Waals surface area contributed by atoms with E-state index >= 15 is 0 Å². The quantitative estimate of drug-likeness (QED) is 0.590. The maximum atomic E-state index is 13.3. The number of hydrogen-bond donors (Lipinski definition) is 0. The molecule has 0 spiro atoms. The molecule has 1 fully saturated rings. The van der Waals surface area contributed by atoms with Gasteiger partial charge in [0.05, 0.1) is 9.82 Å². The molecule has 3 rings (SSSR count). The van der Waals surface area contributed by atoms with Gasteiger partial charge >= 0.3 is 0 Å². The van der Waals surface area contributed by atoms with Crippen LogP contribution < -0.4 is 0 Å². The van der Waals surface area contributed by atoms with Crippen molar-refractivity contribution in [3.63, 3.8) is 0 Å². The third-order valence-corrected chi connectivity index (χ3v) is 7.02. The van der Waals surface area contributed by atoms with E-state index in [2.05, 4.69) is 0 Å². The van der Waals surface area contributed by atoms with Gasteiger partial charge in [-0.2, -0.15) is 4.31 Å². The minimum absolute atomic E-state index is 0.0339. The largest absolute Gasteiger partial charge is 0.273 e. The lowest BCUT2D eigenvalue weighted by molar-refractivity contribution is -0.385. The van der Waals surface area contributed by atoms with Crippen molar-refractivity contribution in [2.75, 3.05) is 6.54 Å². The van der Waals surface area contributed by atoms with Crippen molar-refractivity contribution in [2.24, 2.45) is 0 Å². The molecule has 0 unspecified atom stereocenters. The summed E-state index contributed by atoms with van der Waals surface area (Å²) in [6.07, 6.45) is 3.23. The lowest BCUT2D eigenvalue weighted by Gasteiger charge is -2.35. The molecule has 0 radical (unpaired) electrons. The fraction of sp³-hybridized carbons (Fsp3) is 0.368. The van der Waals surface area contributed by atoms with Crippen LogP contribution in [0.25, 0.3) is 0 Å². The highest BCUT2D eigenvalue weighted by molar-refractivity contribution is 7.89. The van der Waals surface area contributed by atoms with Crippen LogP contribution in [-0.2, 0) is 16.4 Å². The maximum Gasteiger partial charge on any atom is 0.273 e. The molecule has 2 aromatic rings. The number of nitrogens with zero attached hydrogens (tertiary/aromatic N) is 2. The molecule has 26 heavy (non-hydrogen) atoms. The van der Waals surface area contributed by atoms with Crippen LogP contribution in [0, 0.1) is 17.0 Å². The van der Waals surface area contributed by atoms with E-state index < -0.39 is 14.9 Å². The molecular weight excluding hydrogens is 352 g/mol. The predicted molar refractivity (Wildman–Crippen MR) is 99.5 cm³/mol. The Morgan fingerprint density at radius 1 is 1.12 bits per heavy atom. The summed E-state index contributed by atoms with van der Waals surface area (Å²) in [5.74, 6) is 0. The zero-order valence-corrected chi connectivity index (χ0v) is 15.5. The smallest absolute Gasteiger partial charge is 0.258 e. The van der Waals surface area contributed by atoms with Crippen molar-refractivity contribution in [2.45, 2.75) is 43.5 Å². The normalized spacial score (nSPS) is 18.6. The van der Waals surface area contributed by atoms with Gasteiger partial charge in [-0.25, -0.2) is 8.42 Å². The monoisotopic (exact) mass is 374 g/mol. The van der Waals surface area contributed by atoms with Crippen LogP contribution in [0.4, 0.5) is 5.69 Å². The van der Waals surface area contributed by atoms with Gasteiger partial charge in [-0.1, -0.05) is 42.8 Å². The minimum atomic E-state index is -3.79. The molecule has 0 aromatic heterocycles. The van der Waals surface area contributed by atoms with E-state index in [-0.39, 0.29) is 22.2 Å². The first-order chi connectivity index (χ1) is 12.4. The van der Waals surface area contributed by atoms with Crippen LogP contribution in [0.5, 0.6) is 0 Å². The highest BCUT2D eigenvalue weighted by Gasteiger charge is 2.35. The van der Waals surface area contributed by atoms with E-state index in [1.807, 2.05) is 30.3 Å². The second-order valence-corrected chi connectivity index (χ2v) is 8.47. The van der Waals surface area contributed by atoms with Gasteiger partial charge in [0.25, 0.3) is 5.69 Å². The van der Waals surface area contributed by atoms with E-state index in [4.69, 9.17) is 0 Å². The van der Waals surface area contributed by atoms with Gasteiger partial charge in [0.2, 0.25) is 10.0 Å². The number of hydrogen-bond acceptors (Lipinski definition) is 4. The maximum absolute atomic E-state index is 13.3. The van der Waals surface area contributed by atoms with Crippen molar-refractivity contribution in [1.29, 1.82) is 0 Å². The van der Waals surface area contributed by atoms with Crippen molar-refractivity contribution < 1.29 is 13.3 Å². The van der Waals surface area contributed by atoms with Crippen LogP contribution in [0.15, 0.2) is 53.4 Å². The van der Waals surface area contributed by atoms with Crippen molar-refractivity contribution >= 4 is 15.7 Å². The van der Waals surface area contributed by atoms with E-state index in [1.54, 1.807) is 0 Å². The number of rotatable bonds is 5. The lowest BCUT2D eigenvalue weighted by atomic mass is 9.98. The van der Waals surface area contributed by atoms with Crippen molar-refractivity contribution in [3.05, 3.63) is 69.8 Å². The molecule has 1 aliphatic rings. The molecule has 7 heteroatoms. The summed E-state index contributed by atoms with van der Waals surface area (Å²) in [5.41, 5.74) is 1.12. The van der Waals surface area contributed by atoms with Crippen molar-refractivity contribution in [3.8, 4) is 0 Å². The molecule has 1 saturated heterocycles. The second kappa shape index (κ2) is 7.55. The Kier molecular flexibility index (Phi) is 5.38. The highest BCUT2D eigenvalue weighted by Crippen LogP contribution is 2.31. The zero-order chi connectivity index (χ0) is 18.7. The number of nitro groups is 1. The molecule has 0 aliphatic carbocycles. The summed E-state index contributed by atoms with van der Waals surface area (Å²) in [5, 5.41) is 11.2. The first-order valence-electron chi connectivity index (χ1n) is 8.71. The molecule has 0 saturated carbocycles. The van der Waals surface area contributed by atoms with E-state index in [0.717, 1.165) is 24.8 Å². The molecule has 2 aromatic carbocycles. The summed E-state index contributed by atoms with van der Waals surface area (Å²) in [7, 11) is -3.79. The van der Waals surface area contributed by atoms with Gasteiger partial charge in [0, 0.05) is 24.2 Å². The van der Waals surface area contributed by atoms with Gasteiger partial charge < -0.3 is 0 Å². The van der Waals surface area contributed by atoms with Gasteiger partial charge in [-0.05, 0) is 37.8 Å². The Balaban J connectivity index is 1.96. The van der Waals surface area contributed by atoms with Crippen LogP contribution in [-0.4, -0.2) is 30.2 Å². The Labute approximate surface area is 153 Å². The van der Waals surface area contributed by atoms with Crippen LogP contribution >= 0.6 is 0 Å². The molecule has 0 N–H and O–H groups in total. The first-order valence-corrected chi connectivity index (χ1v) is 10.1. The Morgan fingerprint density at radius 3 is 2.54 bits per heavy atom. The predicted octanol–water partition coefficient (Wildman–Crippen LogP) is 3.69. The second-order valence-electron chi connectivity index (χ2n) is 6.61. The molecule has 1 atom stereocenters. The lowest BCUT2D eigenvalue weighted by Crippen LogP contribution is -2.44. The van der Waals surface area contributed by atoms with Gasteiger partial charge in [0.15, 0.2) is 0 Å². The molecule has 0 amide bonds. The van der Waals surface area contributed by atoms with Gasteiger partial charge in [0.1, 0.15) is 0 Å². The fourth-order valence-corrected chi connectivity index (χ4v) is 5.52. The SMILES string of the molecule is Cc1c([N+](=O)[O-])cccc1S(=O)(=O)N1CCCC[C@@H]1Cc1ccccc1. The third-order valence-electron chi connectivity index (χ3n) is 4.93. The molecule has 1 heterocycles. The van der Waals surface area contributed by atoms with Crippen molar-refractivity contribution in [1.82, 2.24) is 4.31 Å². The standard InChI is InChI=1S/C19H22N2O4S/c1-15-18(21(22)23)11-7-12-19(15)26(24,25)20-13-6-5-10-17(20)14-16-8-3-2-4-9-16/h2-4,7-9,11-12,17H,5-6,10,13-14H2,1H3/t17-/m1/s1. The zero-order valence-electron chi connectivity index (χ0n) is 14.7. The van der Waals surface area contributed by atoms with Crippen LogP contribution in [0.1, 0.15) is 30.4 Å².